The first-order valence-electron chi connectivity index (χ1n) is 11.4. The number of sulfonamides is 2. The molecule has 15 heteroatoms. The van der Waals surface area contributed by atoms with Crippen LogP contribution in [0.15, 0.2) is 50.6 Å². The van der Waals surface area contributed by atoms with E-state index in [-0.39, 0.29) is 40.4 Å². The van der Waals surface area contributed by atoms with E-state index in [0.717, 1.165) is 13.0 Å². The molecule has 0 spiro atoms. The van der Waals surface area contributed by atoms with Crippen molar-refractivity contribution in [3.63, 3.8) is 0 Å². The van der Waals surface area contributed by atoms with E-state index in [1.807, 2.05) is 18.6 Å². The maximum atomic E-state index is 13.5. The summed E-state index contributed by atoms with van der Waals surface area (Å²) in [5, 5.41) is 21.2. The van der Waals surface area contributed by atoms with Gasteiger partial charge < -0.3 is 15.5 Å². The van der Waals surface area contributed by atoms with Crippen LogP contribution in [0.5, 0.6) is 5.75 Å². The molecule has 1 atom stereocenters. The van der Waals surface area contributed by atoms with Crippen LogP contribution in [-0.2, 0) is 31.4 Å². The second-order valence-corrected chi connectivity index (χ2v) is 12.7. The predicted octanol–water partition coefficient (Wildman–Crippen LogP) is 1.92. The number of rotatable bonds is 8. The van der Waals surface area contributed by atoms with Crippen molar-refractivity contribution in [3.8, 4) is 5.75 Å². The fourth-order valence-electron chi connectivity index (χ4n) is 3.79. The lowest BCUT2D eigenvalue weighted by atomic mass is 10.1. The van der Waals surface area contributed by atoms with Crippen LogP contribution in [0.4, 0.5) is 11.4 Å². The van der Waals surface area contributed by atoms with Gasteiger partial charge in [-0.3, -0.25) is 18.9 Å². The van der Waals surface area contributed by atoms with Gasteiger partial charge >= 0.3 is 5.97 Å². The van der Waals surface area contributed by atoms with Gasteiger partial charge in [-0.25, -0.2) is 13.4 Å². The van der Waals surface area contributed by atoms with Crippen LogP contribution in [0, 0.1) is 5.92 Å². The molecule has 1 unspecified atom stereocenters. The third kappa shape index (κ3) is 4.93. The van der Waals surface area contributed by atoms with Crippen molar-refractivity contribution in [1.82, 2.24) is 9.55 Å². The molecule has 3 aromatic rings. The third-order valence-corrected chi connectivity index (χ3v) is 8.93. The first-order chi connectivity index (χ1) is 17.7. The summed E-state index contributed by atoms with van der Waals surface area (Å²) >= 11 is 0. The summed E-state index contributed by atoms with van der Waals surface area (Å²) in [6.45, 7) is 5.20. The van der Waals surface area contributed by atoms with E-state index in [1.54, 1.807) is 12.1 Å². The Morgan fingerprint density at radius 3 is 2.58 bits per heavy atom. The van der Waals surface area contributed by atoms with Crippen molar-refractivity contribution < 1.29 is 31.8 Å². The number of carboxylic acids is 1. The lowest BCUT2D eigenvalue weighted by Crippen LogP contribution is -2.33. The molecule has 1 aliphatic rings. The van der Waals surface area contributed by atoms with Crippen LogP contribution < -0.4 is 15.6 Å². The van der Waals surface area contributed by atoms with E-state index in [9.17, 15) is 31.5 Å². The Bertz CT molecular complexity index is 1760. The number of nitrogens with one attached hydrogen (secondary N) is 2. The van der Waals surface area contributed by atoms with E-state index in [2.05, 4.69) is 14.7 Å². The molecule has 0 radical (unpaired) electrons. The summed E-state index contributed by atoms with van der Waals surface area (Å²) < 4.78 is 57.8. The summed E-state index contributed by atoms with van der Waals surface area (Å²) in [4.78, 5) is 28.4. The molecule has 0 saturated carbocycles. The Balaban J connectivity index is 1.81. The Labute approximate surface area is 218 Å². The highest BCUT2D eigenvalue weighted by Gasteiger charge is 2.32. The van der Waals surface area contributed by atoms with Gasteiger partial charge in [0, 0.05) is 12.7 Å². The topological polar surface area (TPSA) is 197 Å². The minimum absolute atomic E-state index is 0.0250. The molecule has 0 amide bonds. The first-order valence-corrected chi connectivity index (χ1v) is 14.4. The van der Waals surface area contributed by atoms with Crippen LogP contribution >= 0.6 is 0 Å². The summed E-state index contributed by atoms with van der Waals surface area (Å²) in [6, 6.07) is 6.56. The zero-order chi connectivity index (χ0) is 28.0. The number of nitrogens with zero attached hydrogens (tertiary/aromatic N) is 3. The number of fused-ring (bicyclic) bond motifs is 2. The monoisotopic (exact) mass is 563 g/mol. The van der Waals surface area contributed by atoms with Gasteiger partial charge in [0.2, 0.25) is 10.0 Å². The third-order valence-electron chi connectivity index (χ3n) is 5.96. The number of pyridine rings is 2. The molecular weight excluding hydrogens is 538 g/mol. The van der Waals surface area contributed by atoms with Gasteiger partial charge in [0.15, 0.2) is 11.1 Å². The highest BCUT2D eigenvalue weighted by Crippen LogP contribution is 2.34. The minimum Gasteiger partial charge on any atom is -0.506 e. The van der Waals surface area contributed by atoms with Crippen molar-refractivity contribution in [2.45, 2.75) is 43.9 Å². The molecule has 0 bridgehead atoms. The number of aryl methyl sites for hydroxylation is 1. The largest absolute Gasteiger partial charge is 0.506 e. The van der Waals surface area contributed by atoms with Crippen LogP contribution in [0.25, 0.3) is 11.0 Å². The number of carboxylic acid groups (broad SMARTS) is 1. The summed E-state index contributed by atoms with van der Waals surface area (Å²) in [5.41, 5.74) is -1.03. The minimum atomic E-state index is -4.48. The molecule has 1 aromatic carbocycles. The first kappa shape index (κ1) is 27.1. The molecule has 13 nitrogen and oxygen atoms in total. The van der Waals surface area contributed by atoms with Gasteiger partial charge in [-0.05, 0) is 49.6 Å². The SMILES string of the molecule is CC(C)CCn1c(=O)c(C2=NS(=O)(=O)c3cc(NS(=O)(=O)C(C)C(=O)O)ccc3N2)c(O)c2cccnc21. The van der Waals surface area contributed by atoms with E-state index < -0.39 is 53.3 Å². The average molecular weight is 564 g/mol. The molecule has 2 aromatic heterocycles. The maximum Gasteiger partial charge on any atom is 0.323 e. The molecule has 4 N–H and O–H groups in total. The Kier molecular flexibility index (Phi) is 6.92. The van der Waals surface area contributed by atoms with Gasteiger partial charge in [0.05, 0.1) is 16.8 Å². The summed E-state index contributed by atoms with van der Waals surface area (Å²) in [5.74, 6) is -2.23. The molecule has 0 saturated heterocycles. The smallest absolute Gasteiger partial charge is 0.323 e. The normalized spacial score (nSPS) is 15.4. The van der Waals surface area contributed by atoms with E-state index in [4.69, 9.17) is 5.11 Å². The number of hydrogen-bond donors (Lipinski definition) is 4. The van der Waals surface area contributed by atoms with Gasteiger partial charge in [-0.2, -0.15) is 8.42 Å². The number of aromatic hydroxyl groups is 1. The van der Waals surface area contributed by atoms with Gasteiger partial charge in [-0.15, -0.1) is 4.40 Å². The molecule has 1 aliphatic heterocycles. The number of aliphatic carboxylic acids is 1. The quantitative estimate of drug-likeness (QED) is 0.314. The van der Waals surface area contributed by atoms with Crippen molar-refractivity contribution in [2.75, 3.05) is 10.0 Å². The summed E-state index contributed by atoms with van der Waals surface area (Å²) in [7, 11) is -8.84. The van der Waals surface area contributed by atoms with E-state index in [1.165, 1.54) is 22.9 Å². The van der Waals surface area contributed by atoms with E-state index >= 15 is 0 Å². The van der Waals surface area contributed by atoms with Gasteiger partial charge in [0.25, 0.3) is 15.6 Å². The molecule has 0 aliphatic carbocycles. The van der Waals surface area contributed by atoms with Crippen molar-refractivity contribution in [2.24, 2.45) is 10.3 Å². The summed E-state index contributed by atoms with van der Waals surface area (Å²) in [6.07, 6.45) is 2.10. The standard InChI is InChI=1S/C23H25N5O8S2/c1-12(2)8-10-28-21-15(5-4-9-24-21)19(29)18(22(28)30)20-25-16-7-6-14(11-17(16)38(35,36)27-20)26-37(33,34)13(3)23(31)32/h4-7,9,11-13,26,29H,8,10H2,1-3H3,(H,25,27)(H,31,32). The fraction of sp³-hybridized carbons (Fsp3) is 0.304. The van der Waals surface area contributed by atoms with Crippen LogP contribution in [0.3, 0.4) is 0 Å². The lowest BCUT2D eigenvalue weighted by molar-refractivity contribution is -0.136. The number of amidine groups is 1. The Morgan fingerprint density at radius 1 is 1.21 bits per heavy atom. The Morgan fingerprint density at radius 2 is 1.92 bits per heavy atom. The highest BCUT2D eigenvalue weighted by atomic mass is 32.2. The molecule has 38 heavy (non-hydrogen) atoms. The zero-order valence-electron chi connectivity index (χ0n) is 20.5. The van der Waals surface area contributed by atoms with Crippen molar-refractivity contribution in [1.29, 1.82) is 0 Å². The van der Waals surface area contributed by atoms with Crippen LogP contribution in [-0.4, -0.2) is 53.7 Å². The fourth-order valence-corrected chi connectivity index (χ4v) is 5.83. The number of anilines is 2. The molecule has 4 rings (SSSR count). The predicted molar refractivity (Wildman–Crippen MR) is 141 cm³/mol. The van der Waals surface area contributed by atoms with E-state index in [0.29, 0.717) is 6.42 Å². The number of hydrogen-bond acceptors (Lipinski definition) is 9. The second kappa shape index (κ2) is 9.72. The number of benzene rings is 1. The van der Waals surface area contributed by atoms with Crippen LogP contribution in [0.2, 0.25) is 0 Å². The second-order valence-electron chi connectivity index (χ2n) is 9.12. The van der Waals surface area contributed by atoms with Crippen LogP contribution in [0.1, 0.15) is 32.8 Å². The number of aromatic nitrogens is 2. The van der Waals surface area contributed by atoms with Crippen molar-refractivity contribution in [3.05, 3.63) is 52.4 Å². The Hall–Kier alpha value is -3.98. The highest BCUT2D eigenvalue weighted by molar-refractivity contribution is 7.94. The lowest BCUT2D eigenvalue weighted by Gasteiger charge is -2.21. The molecular formula is C23H25N5O8S2. The number of carbonyl (C=O) groups is 1. The van der Waals surface area contributed by atoms with Crippen molar-refractivity contribution >= 4 is 54.3 Å². The van der Waals surface area contributed by atoms with Gasteiger partial charge in [0.1, 0.15) is 21.9 Å². The van der Waals surface area contributed by atoms with Gasteiger partial charge in [-0.1, -0.05) is 13.8 Å². The average Bonchev–Trinajstić information content (AvgIpc) is 2.83. The molecule has 0 fully saturated rings. The zero-order valence-corrected chi connectivity index (χ0v) is 22.2. The maximum absolute atomic E-state index is 13.5. The molecule has 202 valence electrons. The molecule has 3 heterocycles.